The van der Waals surface area contributed by atoms with Gasteiger partial charge in [0.2, 0.25) is 5.95 Å². The van der Waals surface area contributed by atoms with E-state index < -0.39 is 11.6 Å². The van der Waals surface area contributed by atoms with E-state index in [9.17, 15) is 8.78 Å². The number of aromatic nitrogens is 4. The Hall–Kier alpha value is -3.75. The van der Waals surface area contributed by atoms with E-state index in [1.165, 1.54) is 16.8 Å². The Labute approximate surface area is 176 Å². The highest BCUT2D eigenvalue weighted by molar-refractivity contribution is 5.99. The van der Waals surface area contributed by atoms with Crippen LogP contribution in [0.2, 0.25) is 0 Å². The van der Waals surface area contributed by atoms with Gasteiger partial charge in [-0.1, -0.05) is 6.07 Å². The molecule has 9 heteroatoms. The first-order chi connectivity index (χ1) is 15.0. The number of hydrogen-bond acceptors (Lipinski definition) is 6. The van der Waals surface area contributed by atoms with Gasteiger partial charge in [-0.2, -0.15) is 4.98 Å². The largest absolute Gasteiger partial charge is 0.497 e. The Morgan fingerprint density at radius 3 is 2.61 bits per heavy atom. The summed E-state index contributed by atoms with van der Waals surface area (Å²) < 4.78 is 35.3. The van der Waals surface area contributed by atoms with Crippen LogP contribution in [-0.2, 0) is 0 Å². The Morgan fingerprint density at radius 1 is 1.13 bits per heavy atom. The van der Waals surface area contributed by atoms with Gasteiger partial charge in [-0.25, -0.2) is 18.4 Å². The minimum Gasteiger partial charge on any atom is -0.497 e. The van der Waals surface area contributed by atoms with Crippen LogP contribution in [0, 0.1) is 17.6 Å². The topological polar surface area (TPSA) is 90.9 Å². The SMILES string of the molecule is COc1ccc(-n2nc3nc(NCC4CC4)nc(-c4cccc(F)c4F)c3c2N)cc1. The lowest BCUT2D eigenvalue weighted by Crippen LogP contribution is -2.08. The summed E-state index contributed by atoms with van der Waals surface area (Å²) in [5.41, 5.74) is 7.56. The first kappa shape index (κ1) is 19.2. The second kappa shape index (κ2) is 7.50. The molecule has 31 heavy (non-hydrogen) atoms. The van der Waals surface area contributed by atoms with E-state index in [2.05, 4.69) is 20.4 Å². The Bertz CT molecular complexity index is 1270. The number of nitrogens with two attached hydrogens (primary N) is 1. The number of nitrogen functional groups attached to an aromatic ring is 1. The van der Waals surface area contributed by atoms with Crippen molar-refractivity contribution in [1.82, 2.24) is 19.7 Å². The van der Waals surface area contributed by atoms with Gasteiger partial charge in [-0.3, -0.25) is 0 Å². The molecule has 1 aliphatic carbocycles. The first-order valence-corrected chi connectivity index (χ1v) is 9.94. The molecule has 0 amide bonds. The zero-order chi connectivity index (χ0) is 21.5. The Balaban J connectivity index is 1.70. The molecule has 0 aliphatic heterocycles. The number of nitrogens with one attached hydrogen (secondary N) is 1. The number of benzene rings is 2. The lowest BCUT2D eigenvalue weighted by Gasteiger charge is -2.09. The zero-order valence-corrected chi connectivity index (χ0v) is 16.8. The van der Waals surface area contributed by atoms with Crippen LogP contribution in [0.25, 0.3) is 28.0 Å². The summed E-state index contributed by atoms with van der Waals surface area (Å²) in [6, 6.07) is 11.1. The van der Waals surface area contributed by atoms with Crippen LogP contribution in [-0.4, -0.2) is 33.4 Å². The zero-order valence-electron chi connectivity index (χ0n) is 16.8. The number of hydrogen-bond donors (Lipinski definition) is 2. The summed E-state index contributed by atoms with van der Waals surface area (Å²) in [5.74, 6) is -0.154. The fourth-order valence-corrected chi connectivity index (χ4v) is 3.45. The number of anilines is 2. The van der Waals surface area contributed by atoms with E-state index >= 15 is 0 Å². The minimum absolute atomic E-state index is 0.00264. The molecule has 4 aromatic rings. The average molecular weight is 422 g/mol. The third-order valence-electron chi connectivity index (χ3n) is 5.34. The maximum Gasteiger partial charge on any atom is 0.225 e. The van der Waals surface area contributed by atoms with Crippen molar-refractivity contribution in [2.45, 2.75) is 12.8 Å². The third kappa shape index (κ3) is 3.52. The van der Waals surface area contributed by atoms with Gasteiger partial charge in [0.1, 0.15) is 11.6 Å². The fraction of sp³-hybridized carbons (Fsp3) is 0.227. The summed E-state index contributed by atoms with van der Waals surface area (Å²) in [7, 11) is 1.58. The van der Waals surface area contributed by atoms with E-state index in [0.717, 1.165) is 18.9 Å². The van der Waals surface area contributed by atoms with Crippen molar-refractivity contribution in [1.29, 1.82) is 0 Å². The number of methoxy groups -OCH3 is 1. The van der Waals surface area contributed by atoms with Gasteiger partial charge in [0, 0.05) is 12.1 Å². The Morgan fingerprint density at radius 2 is 1.90 bits per heavy atom. The summed E-state index contributed by atoms with van der Waals surface area (Å²) in [4.78, 5) is 8.96. The fourth-order valence-electron chi connectivity index (χ4n) is 3.45. The van der Waals surface area contributed by atoms with Crippen LogP contribution < -0.4 is 15.8 Å². The van der Waals surface area contributed by atoms with Crippen molar-refractivity contribution in [3.63, 3.8) is 0 Å². The van der Waals surface area contributed by atoms with Gasteiger partial charge in [-0.15, -0.1) is 5.10 Å². The summed E-state index contributed by atoms with van der Waals surface area (Å²) >= 11 is 0. The molecular formula is C22H20F2N6O. The predicted molar refractivity (Wildman–Crippen MR) is 114 cm³/mol. The molecule has 0 saturated heterocycles. The second-order valence-electron chi connectivity index (χ2n) is 7.52. The van der Waals surface area contributed by atoms with Crippen LogP contribution in [0.3, 0.4) is 0 Å². The molecule has 1 saturated carbocycles. The highest BCUT2D eigenvalue weighted by Crippen LogP contribution is 2.35. The summed E-state index contributed by atoms with van der Waals surface area (Å²) in [6.45, 7) is 0.714. The van der Waals surface area contributed by atoms with Gasteiger partial charge in [0.25, 0.3) is 0 Å². The molecule has 7 nitrogen and oxygen atoms in total. The van der Waals surface area contributed by atoms with E-state index in [0.29, 0.717) is 40.9 Å². The van der Waals surface area contributed by atoms with Crippen molar-refractivity contribution < 1.29 is 13.5 Å². The lowest BCUT2D eigenvalue weighted by atomic mass is 10.1. The van der Waals surface area contributed by atoms with Gasteiger partial charge in [0.15, 0.2) is 17.3 Å². The quantitative estimate of drug-likeness (QED) is 0.485. The number of fused-ring (bicyclic) bond motifs is 1. The van der Waals surface area contributed by atoms with E-state index in [-0.39, 0.29) is 17.1 Å². The van der Waals surface area contributed by atoms with E-state index in [4.69, 9.17) is 10.5 Å². The molecule has 2 aromatic carbocycles. The molecular weight excluding hydrogens is 402 g/mol. The highest BCUT2D eigenvalue weighted by Gasteiger charge is 2.24. The van der Waals surface area contributed by atoms with Crippen LogP contribution in [0.4, 0.5) is 20.5 Å². The van der Waals surface area contributed by atoms with E-state index in [1.54, 1.807) is 31.4 Å². The number of halogens is 2. The Kier molecular flexibility index (Phi) is 4.65. The monoisotopic (exact) mass is 422 g/mol. The highest BCUT2D eigenvalue weighted by atomic mass is 19.2. The molecule has 5 rings (SSSR count). The molecule has 0 radical (unpaired) electrons. The molecule has 2 aromatic heterocycles. The van der Waals surface area contributed by atoms with Crippen LogP contribution >= 0.6 is 0 Å². The van der Waals surface area contributed by atoms with Gasteiger partial charge in [-0.05, 0) is 55.2 Å². The minimum atomic E-state index is -0.993. The van der Waals surface area contributed by atoms with Crippen molar-refractivity contribution in [2.24, 2.45) is 5.92 Å². The van der Waals surface area contributed by atoms with Crippen molar-refractivity contribution >= 4 is 22.8 Å². The maximum atomic E-state index is 14.7. The molecule has 0 atom stereocenters. The molecule has 1 fully saturated rings. The van der Waals surface area contributed by atoms with Crippen LogP contribution in [0.15, 0.2) is 42.5 Å². The lowest BCUT2D eigenvalue weighted by molar-refractivity contribution is 0.414. The molecule has 158 valence electrons. The van der Waals surface area contributed by atoms with Gasteiger partial charge < -0.3 is 15.8 Å². The maximum absolute atomic E-state index is 14.7. The van der Waals surface area contributed by atoms with Crippen LogP contribution in [0.5, 0.6) is 5.75 Å². The summed E-state index contributed by atoms with van der Waals surface area (Å²) in [6.07, 6.45) is 2.30. The number of ether oxygens (including phenoxy) is 1. The molecule has 2 heterocycles. The molecule has 0 spiro atoms. The molecule has 0 bridgehead atoms. The van der Waals surface area contributed by atoms with Gasteiger partial charge >= 0.3 is 0 Å². The van der Waals surface area contributed by atoms with E-state index in [1.807, 2.05) is 0 Å². The van der Waals surface area contributed by atoms with Gasteiger partial charge in [0.05, 0.1) is 23.9 Å². The third-order valence-corrected chi connectivity index (χ3v) is 5.34. The summed E-state index contributed by atoms with van der Waals surface area (Å²) in [5, 5.41) is 8.06. The smallest absolute Gasteiger partial charge is 0.225 e. The predicted octanol–water partition coefficient (Wildman–Crippen LogP) is 4.17. The second-order valence-corrected chi connectivity index (χ2v) is 7.52. The molecule has 3 N–H and O–H groups in total. The molecule has 0 unspecified atom stereocenters. The average Bonchev–Trinajstić information content (AvgIpc) is 3.56. The molecule has 1 aliphatic rings. The normalized spacial score (nSPS) is 13.5. The van der Waals surface area contributed by atoms with Crippen LogP contribution in [0.1, 0.15) is 12.8 Å². The number of rotatable bonds is 6. The first-order valence-electron chi connectivity index (χ1n) is 9.94. The van der Waals surface area contributed by atoms with Crippen molar-refractivity contribution in [3.8, 4) is 22.7 Å². The van der Waals surface area contributed by atoms with Crippen molar-refractivity contribution in [2.75, 3.05) is 24.7 Å². The standard InChI is InChI=1S/C22H20F2N6O/c1-31-14-9-7-13(8-10-14)30-20(25)17-19(15-3-2-4-16(23)18(15)24)27-22(28-21(17)29-30)26-11-12-5-6-12/h2-4,7-10,12H,5-6,11,25H2,1H3,(H,26,28,29). The number of nitrogens with zero attached hydrogens (tertiary/aromatic N) is 4. The van der Waals surface area contributed by atoms with Crippen molar-refractivity contribution in [3.05, 3.63) is 54.1 Å².